The molecule has 3 aromatic rings. The van der Waals surface area contributed by atoms with Crippen molar-refractivity contribution in [3.8, 4) is 17.0 Å². The molecule has 0 bridgehead atoms. The summed E-state index contributed by atoms with van der Waals surface area (Å²) >= 11 is 0. The number of aromatic nitrogens is 4. The summed E-state index contributed by atoms with van der Waals surface area (Å²) in [7, 11) is 1.99. The molecule has 1 aromatic carbocycles. The van der Waals surface area contributed by atoms with Crippen LogP contribution in [0.25, 0.3) is 11.3 Å². The summed E-state index contributed by atoms with van der Waals surface area (Å²) in [6, 6.07) is 9.44. The van der Waals surface area contributed by atoms with Gasteiger partial charge in [-0.25, -0.2) is 9.97 Å². The van der Waals surface area contributed by atoms with Crippen molar-refractivity contribution < 1.29 is 5.11 Å². The van der Waals surface area contributed by atoms with Crippen LogP contribution in [0, 0.1) is 0 Å². The minimum Gasteiger partial charge on any atom is -0.508 e. The molecule has 1 N–H and O–H groups in total. The maximum absolute atomic E-state index is 9.66. The smallest absolute Gasteiger partial charge is 0.132 e. The molecule has 0 saturated heterocycles. The number of phenols is 1. The molecule has 1 aliphatic carbocycles. The van der Waals surface area contributed by atoms with Crippen molar-refractivity contribution in [1.29, 1.82) is 0 Å². The van der Waals surface area contributed by atoms with Crippen LogP contribution < -0.4 is 0 Å². The van der Waals surface area contributed by atoms with Crippen molar-refractivity contribution in [3.63, 3.8) is 0 Å². The lowest BCUT2D eigenvalue weighted by molar-refractivity contribution is 0.237. The Bertz CT molecular complexity index is 975. The fraction of sp³-hybridized carbons (Fsp3) is 0.381. The summed E-state index contributed by atoms with van der Waals surface area (Å²) in [5.41, 5.74) is 5.70. The van der Waals surface area contributed by atoms with E-state index in [9.17, 15) is 5.11 Å². The van der Waals surface area contributed by atoms with E-state index in [1.807, 2.05) is 30.1 Å². The molecule has 0 radical (unpaired) electrons. The Morgan fingerprint density at radius 1 is 1.11 bits per heavy atom. The van der Waals surface area contributed by atoms with Crippen LogP contribution in [0.2, 0.25) is 0 Å². The van der Waals surface area contributed by atoms with Crippen LogP contribution in [-0.4, -0.2) is 36.3 Å². The van der Waals surface area contributed by atoms with Gasteiger partial charge in [0.05, 0.1) is 17.1 Å². The standard InChI is InChI=1S/C21H23N5O/c1-25-16(8-10-22-25)12-26-11-9-19-18(13-26)20(14-4-6-17(27)7-5-14)24-21(23-19)15-2-3-15/h4-8,10,15,27H,2-3,9,11-13H2,1H3. The summed E-state index contributed by atoms with van der Waals surface area (Å²) < 4.78 is 1.93. The van der Waals surface area contributed by atoms with Gasteiger partial charge in [-0.3, -0.25) is 9.58 Å². The highest BCUT2D eigenvalue weighted by atomic mass is 16.3. The predicted molar refractivity (Wildman–Crippen MR) is 102 cm³/mol. The van der Waals surface area contributed by atoms with E-state index in [0.29, 0.717) is 5.92 Å². The van der Waals surface area contributed by atoms with E-state index in [2.05, 4.69) is 16.1 Å². The van der Waals surface area contributed by atoms with Gasteiger partial charge in [-0.2, -0.15) is 5.10 Å². The average Bonchev–Trinajstić information content (AvgIpc) is 3.45. The number of aryl methyl sites for hydroxylation is 1. The Morgan fingerprint density at radius 3 is 2.63 bits per heavy atom. The van der Waals surface area contributed by atoms with Crippen LogP contribution in [0.3, 0.4) is 0 Å². The average molecular weight is 361 g/mol. The number of fused-ring (bicyclic) bond motifs is 1. The molecule has 1 fully saturated rings. The number of hydrogen-bond donors (Lipinski definition) is 1. The SMILES string of the molecule is Cn1nccc1CN1CCc2nc(C3CC3)nc(-c3ccc(O)cc3)c2C1. The van der Waals surface area contributed by atoms with Gasteiger partial charge in [-0.05, 0) is 43.2 Å². The number of aromatic hydroxyl groups is 1. The second-order valence-electron chi connectivity index (χ2n) is 7.58. The van der Waals surface area contributed by atoms with E-state index >= 15 is 0 Å². The maximum atomic E-state index is 9.66. The lowest BCUT2D eigenvalue weighted by Crippen LogP contribution is -2.32. The molecule has 0 spiro atoms. The van der Waals surface area contributed by atoms with Crippen LogP contribution in [-0.2, 0) is 26.6 Å². The molecule has 2 aromatic heterocycles. The molecule has 6 nitrogen and oxygen atoms in total. The molecular weight excluding hydrogens is 338 g/mol. The summed E-state index contributed by atoms with van der Waals surface area (Å²) in [4.78, 5) is 12.3. The summed E-state index contributed by atoms with van der Waals surface area (Å²) in [5.74, 6) is 1.80. The number of hydrogen-bond acceptors (Lipinski definition) is 5. The second kappa shape index (κ2) is 6.46. The minimum atomic E-state index is 0.280. The lowest BCUT2D eigenvalue weighted by atomic mass is 9.98. The first-order chi connectivity index (χ1) is 13.2. The van der Waals surface area contributed by atoms with Crippen molar-refractivity contribution in [1.82, 2.24) is 24.6 Å². The minimum absolute atomic E-state index is 0.280. The number of rotatable bonds is 4. The monoisotopic (exact) mass is 361 g/mol. The molecule has 1 aliphatic heterocycles. The van der Waals surface area contributed by atoms with Crippen molar-refractivity contribution in [2.24, 2.45) is 7.05 Å². The molecule has 0 amide bonds. The van der Waals surface area contributed by atoms with E-state index in [0.717, 1.165) is 43.1 Å². The second-order valence-corrected chi connectivity index (χ2v) is 7.58. The zero-order valence-corrected chi connectivity index (χ0v) is 15.5. The third-order valence-electron chi connectivity index (χ3n) is 5.55. The Kier molecular flexibility index (Phi) is 3.93. The highest BCUT2D eigenvalue weighted by molar-refractivity contribution is 5.65. The number of benzene rings is 1. The van der Waals surface area contributed by atoms with E-state index in [1.54, 1.807) is 12.1 Å². The van der Waals surface area contributed by atoms with Crippen LogP contribution in [0.1, 0.15) is 41.5 Å². The molecule has 0 atom stereocenters. The van der Waals surface area contributed by atoms with Gasteiger partial charge in [0.1, 0.15) is 11.6 Å². The molecule has 27 heavy (non-hydrogen) atoms. The highest BCUT2D eigenvalue weighted by Gasteiger charge is 2.30. The molecule has 5 rings (SSSR count). The van der Waals surface area contributed by atoms with Crippen molar-refractivity contribution in [2.75, 3.05) is 6.54 Å². The Morgan fingerprint density at radius 2 is 1.93 bits per heavy atom. The van der Waals surface area contributed by atoms with E-state index in [4.69, 9.17) is 9.97 Å². The molecule has 3 heterocycles. The van der Waals surface area contributed by atoms with Crippen molar-refractivity contribution in [2.45, 2.75) is 38.3 Å². The van der Waals surface area contributed by atoms with Crippen molar-refractivity contribution >= 4 is 0 Å². The zero-order valence-electron chi connectivity index (χ0n) is 15.5. The topological polar surface area (TPSA) is 67.1 Å². The number of phenolic OH excluding ortho intramolecular Hbond substituents is 1. The molecule has 2 aliphatic rings. The third kappa shape index (κ3) is 3.21. The van der Waals surface area contributed by atoms with E-state index in [1.165, 1.54) is 29.8 Å². The molecule has 138 valence electrons. The maximum Gasteiger partial charge on any atom is 0.132 e. The molecule has 0 unspecified atom stereocenters. The summed E-state index contributed by atoms with van der Waals surface area (Å²) in [6.45, 7) is 2.70. The van der Waals surface area contributed by atoms with Gasteiger partial charge in [0, 0.05) is 56.3 Å². The van der Waals surface area contributed by atoms with Crippen LogP contribution in [0.5, 0.6) is 5.75 Å². The van der Waals surface area contributed by atoms with Gasteiger partial charge in [0.15, 0.2) is 0 Å². The Hall–Kier alpha value is -2.73. The van der Waals surface area contributed by atoms with Gasteiger partial charge in [0.25, 0.3) is 0 Å². The highest BCUT2D eigenvalue weighted by Crippen LogP contribution is 2.40. The fourth-order valence-corrected chi connectivity index (χ4v) is 3.79. The molecule has 6 heteroatoms. The third-order valence-corrected chi connectivity index (χ3v) is 5.55. The van der Waals surface area contributed by atoms with Crippen LogP contribution >= 0.6 is 0 Å². The normalized spacial score (nSPS) is 17.1. The largest absolute Gasteiger partial charge is 0.508 e. The zero-order chi connectivity index (χ0) is 18.4. The van der Waals surface area contributed by atoms with Gasteiger partial charge in [-0.1, -0.05) is 0 Å². The van der Waals surface area contributed by atoms with Crippen LogP contribution in [0.15, 0.2) is 36.5 Å². The van der Waals surface area contributed by atoms with Gasteiger partial charge >= 0.3 is 0 Å². The summed E-state index contributed by atoms with van der Waals surface area (Å²) in [6.07, 6.45) is 5.18. The Balaban J connectivity index is 1.52. The first-order valence-electron chi connectivity index (χ1n) is 9.55. The van der Waals surface area contributed by atoms with Gasteiger partial charge in [0.2, 0.25) is 0 Å². The predicted octanol–water partition coefficient (Wildman–Crippen LogP) is 3.02. The number of nitrogens with zero attached hydrogens (tertiary/aromatic N) is 5. The fourth-order valence-electron chi connectivity index (χ4n) is 3.79. The molecule has 1 saturated carbocycles. The lowest BCUT2D eigenvalue weighted by Gasteiger charge is -2.29. The first-order valence-corrected chi connectivity index (χ1v) is 9.55. The van der Waals surface area contributed by atoms with E-state index in [-0.39, 0.29) is 5.75 Å². The first kappa shape index (κ1) is 16.4. The van der Waals surface area contributed by atoms with Gasteiger partial charge < -0.3 is 5.11 Å². The molecular formula is C21H23N5O. The van der Waals surface area contributed by atoms with Crippen molar-refractivity contribution in [3.05, 3.63) is 59.3 Å². The Labute approximate surface area is 158 Å². The summed E-state index contributed by atoms with van der Waals surface area (Å²) in [5, 5.41) is 13.9. The van der Waals surface area contributed by atoms with Gasteiger partial charge in [-0.15, -0.1) is 0 Å². The van der Waals surface area contributed by atoms with Crippen LogP contribution in [0.4, 0.5) is 0 Å². The van der Waals surface area contributed by atoms with E-state index < -0.39 is 0 Å². The quantitative estimate of drug-likeness (QED) is 0.774.